The van der Waals surface area contributed by atoms with E-state index in [4.69, 9.17) is 0 Å². The van der Waals surface area contributed by atoms with E-state index in [9.17, 15) is 5.11 Å². The minimum atomic E-state index is -0.732. The summed E-state index contributed by atoms with van der Waals surface area (Å²) in [4.78, 5) is 0. The average molecular weight is 154 g/mol. The summed E-state index contributed by atoms with van der Waals surface area (Å²) < 4.78 is 0. The molecule has 0 fully saturated rings. The van der Waals surface area contributed by atoms with Crippen molar-refractivity contribution in [1.82, 2.24) is 0 Å². The van der Waals surface area contributed by atoms with E-state index in [0.717, 1.165) is 6.42 Å². The zero-order valence-corrected chi connectivity index (χ0v) is 7.89. The van der Waals surface area contributed by atoms with Crippen molar-refractivity contribution >= 4 is 0 Å². The third-order valence-corrected chi connectivity index (χ3v) is 1.46. The van der Waals surface area contributed by atoms with Crippen LogP contribution in [0.15, 0.2) is 17.9 Å². The van der Waals surface area contributed by atoms with Gasteiger partial charge in [0.2, 0.25) is 0 Å². The Balaban J connectivity index is 4.01. The molecule has 0 saturated carbocycles. The molecule has 0 aromatic carbocycles. The van der Waals surface area contributed by atoms with Crippen LogP contribution in [0.2, 0.25) is 0 Å². The Bertz CT molecular complexity index is 156. The molecule has 11 heavy (non-hydrogen) atoms. The fraction of sp³-hybridized carbons (Fsp3) is 0.700. The lowest BCUT2D eigenvalue weighted by molar-refractivity contribution is 0.133. The molecule has 0 rings (SSSR count). The van der Waals surface area contributed by atoms with Gasteiger partial charge >= 0.3 is 0 Å². The highest BCUT2D eigenvalue weighted by Gasteiger charge is 2.04. The highest BCUT2D eigenvalue weighted by Crippen LogP contribution is 2.03. The minimum Gasteiger partial charge on any atom is -0.386 e. The highest BCUT2D eigenvalue weighted by atomic mass is 16.3. The van der Waals surface area contributed by atoms with Crippen molar-refractivity contribution in [3.05, 3.63) is 17.9 Å². The van der Waals surface area contributed by atoms with Crippen LogP contribution >= 0.6 is 0 Å². The quantitative estimate of drug-likeness (QED) is 0.619. The van der Waals surface area contributed by atoms with Crippen LogP contribution in [0.4, 0.5) is 0 Å². The molecule has 0 amide bonds. The van der Waals surface area contributed by atoms with E-state index in [1.807, 2.05) is 6.08 Å². The number of hydrogen-bond donors (Lipinski definition) is 1. The predicted molar refractivity (Wildman–Crippen MR) is 48.4 cm³/mol. The molecule has 0 aliphatic heterocycles. The maximum absolute atomic E-state index is 9.27. The second kappa shape index (κ2) is 4.38. The molecule has 0 aliphatic carbocycles. The van der Waals surface area contributed by atoms with Gasteiger partial charge in [-0.2, -0.15) is 0 Å². The van der Waals surface area contributed by atoms with Gasteiger partial charge in [-0.1, -0.05) is 13.8 Å². The van der Waals surface area contributed by atoms with Crippen molar-refractivity contribution in [1.29, 1.82) is 0 Å². The van der Waals surface area contributed by atoms with E-state index in [1.165, 1.54) is 0 Å². The standard InChI is InChI=1S/C10H18O/c1-5-9(2)7-6-8-10(3,4)11/h7-9,11H,5H2,1-4H3. The van der Waals surface area contributed by atoms with Gasteiger partial charge in [0.25, 0.3) is 0 Å². The lowest BCUT2D eigenvalue weighted by atomic mass is 10.1. The van der Waals surface area contributed by atoms with Gasteiger partial charge in [-0.25, -0.2) is 0 Å². The monoisotopic (exact) mass is 154 g/mol. The first-order valence-corrected chi connectivity index (χ1v) is 4.12. The predicted octanol–water partition coefficient (Wildman–Crippen LogP) is 2.51. The minimum absolute atomic E-state index is 0.550. The third-order valence-electron chi connectivity index (χ3n) is 1.46. The molecule has 1 nitrogen and oxygen atoms in total. The van der Waals surface area contributed by atoms with Crippen LogP contribution in [0.3, 0.4) is 0 Å². The first-order chi connectivity index (χ1) is 4.95. The van der Waals surface area contributed by atoms with Crippen LogP contribution in [0.25, 0.3) is 0 Å². The zero-order chi connectivity index (χ0) is 8.91. The Morgan fingerprint density at radius 3 is 2.45 bits per heavy atom. The van der Waals surface area contributed by atoms with Gasteiger partial charge in [-0.15, -0.1) is 5.73 Å². The third kappa shape index (κ3) is 7.38. The Morgan fingerprint density at radius 2 is 2.09 bits per heavy atom. The van der Waals surface area contributed by atoms with E-state index in [2.05, 4.69) is 19.6 Å². The molecule has 0 aromatic heterocycles. The number of rotatable bonds is 3. The van der Waals surface area contributed by atoms with Crippen LogP contribution in [-0.2, 0) is 0 Å². The van der Waals surface area contributed by atoms with E-state index < -0.39 is 5.60 Å². The van der Waals surface area contributed by atoms with Gasteiger partial charge in [0, 0.05) is 0 Å². The summed E-state index contributed by atoms with van der Waals surface area (Å²) in [5.74, 6) is 0.550. The molecule has 1 unspecified atom stereocenters. The normalized spacial score (nSPS) is 13.5. The van der Waals surface area contributed by atoms with E-state index in [0.29, 0.717) is 5.92 Å². The topological polar surface area (TPSA) is 20.2 Å². The zero-order valence-electron chi connectivity index (χ0n) is 7.89. The lowest BCUT2D eigenvalue weighted by Gasteiger charge is -2.07. The summed E-state index contributed by atoms with van der Waals surface area (Å²) >= 11 is 0. The van der Waals surface area contributed by atoms with Gasteiger partial charge in [-0.05, 0) is 38.3 Å². The molecule has 0 aromatic rings. The number of hydrogen-bond acceptors (Lipinski definition) is 1. The second-order valence-electron chi connectivity index (χ2n) is 3.52. The molecule has 0 aliphatic rings. The molecule has 0 heterocycles. The van der Waals surface area contributed by atoms with Gasteiger partial charge in [0.05, 0.1) is 5.60 Å². The average Bonchev–Trinajstić information content (AvgIpc) is 1.85. The first-order valence-electron chi connectivity index (χ1n) is 4.12. The molecule has 1 atom stereocenters. The van der Waals surface area contributed by atoms with Gasteiger partial charge in [0.1, 0.15) is 0 Å². The van der Waals surface area contributed by atoms with E-state index in [-0.39, 0.29) is 0 Å². The molecular weight excluding hydrogens is 136 g/mol. The van der Waals surface area contributed by atoms with Crippen LogP contribution < -0.4 is 0 Å². The summed E-state index contributed by atoms with van der Waals surface area (Å²) in [6.45, 7) is 7.74. The fourth-order valence-electron chi connectivity index (χ4n) is 0.534. The van der Waals surface area contributed by atoms with Crippen LogP contribution in [0, 0.1) is 5.92 Å². The summed E-state index contributed by atoms with van der Waals surface area (Å²) in [5.41, 5.74) is 2.24. The Kier molecular flexibility index (Phi) is 4.17. The molecule has 0 spiro atoms. The summed E-state index contributed by atoms with van der Waals surface area (Å²) in [5, 5.41) is 9.27. The van der Waals surface area contributed by atoms with Gasteiger partial charge in [0.15, 0.2) is 0 Å². The molecule has 1 N–H and O–H groups in total. The molecule has 64 valence electrons. The van der Waals surface area contributed by atoms with Crippen molar-refractivity contribution < 1.29 is 5.11 Å². The van der Waals surface area contributed by atoms with Crippen molar-refractivity contribution in [2.45, 2.75) is 39.7 Å². The maximum Gasteiger partial charge on any atom is 0.0844 e. The fourth-order valence-corrected chi connectivity index (χ4v) is 0.534. The first kappa shape index (κ1) is 10.5. The van der Waals surface area contributed by atoms with Crippen LogP contribution in [0.1, 0.15) is 34.1 Å². The summed E-state index contributed by atoms with van der Waals surface area (Å²) in [7, 11) is 0. The molecule has 0 saturated heterocycles. The Hall–Kier alpha value is -0.520. The van der Waals surface area contributed by atoms with Crippen molar-refractivity contribution in [3.63, 3.8) is 0 Å². The molecule has 0 radical (unpaired) electrons. The Morgan fingerprint density at radius 1 is 1.55 bits per heavy atom. The highest BCUT2D eigenvalue weighted by molar-refractivity contribution is 4.96. The number of aliphatic hydroxyl groups is 1. The largest absolute Gasteiger partial charge is 0.386 e. The lowest BCUT2D eigenvalue weighted by Crippen LogP contribution is -2.12. The van der Waals surface area contributed by atoms with Crippen molar-refractivity contribution in [2.75, 3.05) is 0 Å². The van der Waals surface area contributed by atoms with E-state index >= 15 is 0 Å². The molecule has 0 bridgehead atoms. The van der Waals surface area contributed by atoms with Gasteiger partial charge < -0.3 is 5.11 Å². The molecule has 1 heteroatoms. The second-order valence-corrected chi connectivity index (χ2v) is 3.52. The van der Waals surface area contributed by atoms with E-state index in [1.54, 1.807) is 19.9 Å². The van der Waals surface area contributed by atoms with Crippen molar-refractivity contribution in [3.8, 4) is 0 Å². The maximum atomic E-state index is 9.27. The summed E-state index contributed by atoms with van der Waals surface area (Å²) in [6.07, 6.45) is 4.78. The Labute approximate surface area is 69.4 Å². The summed E-state index contributed by atoms with van der Waals surface area (Å²) in [6, 6.07) is 0. The van der Waals surface area contributed by atoms with Gasteiger partial charge in [-0.3, -0.25) is 0 Å². The van der Waals surface area contributed by atoms with Crippen LogP contribution in [-0.4, -0.2) is 10.7 Å². The smallest absolute Gasteiger partial charge is 0.0844 e. The van der Waals surface area contributed by atoms with Crippen molar-refractivity contribution in [2.24, 2.45) is 5.92 Å². The van der Waals surface area contributed by atoms with Crippen LogP contribution in [0.5, 0.6) is 0 Å². The SMILES string of the molecule is CCC(C)C=C=CC(C)(C)O. The molecular formula is C10H18O.